The molecule has 2 aromatic heterocycles. The van der Waals surface area contributed by atoms with Crippen molar-refractivity contribution in [1.82, 2.24) is 14.3 Å². The number of hydrogen-bond acceptors (Lipinski definition) is 3. The van der Waals surface area contributed by atoms with Crippen LogP contribution in [0.4, 0.5) is 0 Å². The molecule has 5 heteroatoms. The Hall–Kier alpha value is -2.95. The molecule has 0 N–H and O–H groups in total. The van der Waals surface area contributed by atoms with Crippen LogP contribution in [0.5, 0.6) is 0 Å². The number of aryl methyl sites for hydroxylation is 2. The highest BCUT2D eigenvalue weighted by Gasteiger charge is 2.25. The predicted octanol–water partition coefficient (Wildman–Crippen LogP) is 3.79. The van der Waals surface area contributed by atoms with Gasteiger partial charge in [-0.1, -0.05) is 42.8 Å². The van der Waals surface area contributed by atoms with Crippen LogP contribution in [-0.2, 0) is 6.42 Å². The molecule has 3 aromatic rings. The van der Waals surface area contributed by atoms with Gasteiger partial charge >= 0.3 is 0 Å². The maximum Gasteiger partial charge on any atom is 0.270 e. The summed E-state index contributed by atoms with van der Waals surface area (Å²) in [6.45, 7) is 8.53. The van der Waals surface area contributed by atoms with Crippen molar-refractivity contribution in [2.75, 3.05) is 6.54 Å². The fourth-order valence-electron chi connectivity index (χ4n) is 3.52. The molecule has 0 aliphatic carbocycles. The second-order valence-corrected chi connectivity index (χ2v) is 7.25. The Labute approximate surface area is 165 Å². The Balaban J connectivity index is 1.93. The summed E-state index contributed by atoms with van der Waals surface area (Å²) in [5, 5.41) is 0. The van der Waals surface area contributed by atoms with E-state index in [1.54, 1.807) is 17.2 Å². The molecule has 0 aliphatic rings. The standard InChI is InChI=1S/C23H27N3O2/c1-5-19(13-18-10-7-16(3)8-11-18)25(6-2)22(27)20-14-24-21-12-9-17(4)15-26(21)23(20)28/h7-12,14-15,19H,5-6,13H2,1-4H3. The van der Waals surface area contributed by atoms with Gasteiger partial charge in [0.25, 0.3) is 11.5 Å². The lowest BCUT2D eigenvalue weighted by molar-refractivity contribution is 0.0681. The van der Waals surface area contributed by atoms with Gasteiger partial charge in [0.2, 0.25) is 0 Å². The fourth-order valence-corrected chi connectivity index (χ4v) is 3.52. The van der Waals surface area contributed by atoms with Crippen molar-refractivity contribution >= 4 is 11.6 Å². The van der Waals surface area contributed by atoms with Crippen molar-refractivity contribution in [1.29, 1.82) is 0 Å². The molecule has 0 saturated heterocycles. The van der Waals surface area contributed by atoms with Gasteiger partial charge in [-0.05, 0) is 50.8 Å². The zero-order valence-corrected chi connectivity index (χ0v) is 17.0. The molecule has 1 atom stereocenters. The van der Waals surface area contributed by atoms with Gasteiger partial charge in [-0.2, -0.15) is 0 Å². The van der Waals surface area contributed by atoms with E-state index in [0.29, 0.717) is 12.2 Å². The molecule has 0 saturated carbocycles. The third-order valence-electron chi connectivity index (χ3n) is 5.19. The summed E-state index contributed by atoms with van der Waals surface area (Å²) in [6, 6.07) is 12.1. The summed E-state index contributed by atoms with van der Waals surface area (Å²) in [7, 11) is 0. The minimum Gasteiger partial charge on any atom is -0.335 e. The zero-order chi connectivity index (χ0) is 20.3. The quantitative estimate of drug-likeness (QED) is 0.657. The molecule has 5 nitrogen and oxygen atoms in total. The highest BCUT2D eigenvalue weighted by molar-refractivity contribution is 5.94. The molecule has 0 aliphatic heterocycles. The van der Waals surface area contributed by atoms with Gasteiger partial charge in [0.1, 0.15) is 11.2 Å². The van der Waals surface area contributed by atoms with Crippen LogP contribution in [0.15, 0.2) is 53.6 Å². The van der Waals surface area contributed by atoms with Gasteiger partial charge in [-0.15, -0.1) is 0 Å². The smallest absolute Gasteiger partial charge is 0.270 e. The van der Waals surface area contributed by atoms with Crippen molar-refractivity contribution in [3.05, 3.63) is 81.4 Å². The second kappa shape index (κ2) is 8.38. The van der Waals surface area contributed by atoms with E-state index in [0.717, 1.165) is 18.4 Å². The molecule has 0 bridgehead atoms. The van der Waals surface area contributed by atoms with Crippen LogP contribution in [-0.4, -0.2) is 32.8 Å². The fraction of sp³-hybridized carbons (Fsp3) is 0.348. The Bertz CT molecular complexity index is 1040. The highest BCUT2D eigenvalue weighted by atomic mass is 16.2. The van der Waals surface area contributed by atoms with E-state index in [4.69, 9.17) is 0 Å². The van der Waals surface area contributed by atoms with Crippen molar-refractivity contribution < 1.29 is 4.79 Å². The molecule has 3 rings (SSSR count). The van der Waals surface area contributed by atoms with Crippen LogP contribution in [0.25, 0.3) is 5.65 Å². The van der Waals surface area contributed by atoms with E-state index < -0.39 is 0 Å². The topological polar surface area (TPSA) is 54.7 Å². The first-order valence-corrected chi connectivity index (χ1v) is 9.79. The van der Waals surface area contributed by atoms with Crippen molar-refractivity contribution in [2.24, 2.45) is 0 Å². The summed E-state index contributed by atoms with van der Waals surface area (Å²) in [6.07, 6.45) is 4.71. The Morgan fingerprint density at radius 1 is 1.07 bits per heavy atom. The number of pyridine rings is 1. The lowest BCUT2D eigenvalue weighted by atomic mass is 10.0. The van der Waals surface area contributed by atoms with E-state index >= 15 is 0 Å². The molecule has 2 heterocycles. The van der Waals surface area contributed by atoms with E-state index in [1.807, 2.05) is 19.9 Å². The van der Waals surface area contributed by atoms with Gasteiger partial charge < -0.3 is 4.90 Å². The van der Waals surface area contributed by atoms with Gasteiger partial charge in [-0.3, -0.25) is 14.0 Å². The van der Waals surface area contributed by atoms with Crippen LogP contribution < -0.4 is 5.56 Å². The second-order valence-electron chi connectivity index (χ2n) is 7.25. The highest BCUT2D eigenvalue weighted by Crippen LogP contribution is 2.15. The number of rotatable bonds is 6. The first-order chi connectivity index (χ1) is 13.4. The zero-order valence-electron chi connectivity index (χ0n) is 17.0. The largest absolute Gasteiger partial charge is 0.335 e. The molecule has 1 unspecified atom stereocenters. The summed E-state index contributed by atoms with van der Waals surface area (Å²) in [5.74, 6) is -0.255. The molecule has 146 valence electrons. The van der Waals surface area contributed by atoms with Gasteiger partial charge in [0, 0.05) is 25.0 Å². The number of carbonyl (C=O) groups is 1. The van der Waals surface area contributed by atoms with Crippen molar-refractivity contribution in [3.8, 4) is 0 Å². The van der Waals surface area contributed by atoms with Crippen LogP contribution >= 0.6 is 0 Å². The maximum absolute atomic E-state index is 13.2. The summed E-state index contributed by atoms with van der Waals surface area (Å²) in [5.41, 5.74) is 3.69. The molecule has 0 spiro atoms. The van der Waals surface area contributed by atoms with Crippen molar-refractivity contribution in [2.45, 2.75) is 46.6 Å². The molecule has 1 amide bonds. The van der Waals surface area contributed by atoms with Crippen molar-refractivity contribution in [3.63, 3.8) is 0 Å². The number of fused-ring (bicyclic) bond motifs is 1. The molecular formula is C23H27N3O2. The minimum atomic E-state index is -0.317. The van der Waals surface area contributed by atoms with Gasteiger partial charge in [-0.25, -0.2) is 4.98 Å². The number of likely N-dealkylation sites (N-methyl/N-ethyl adjacent to an activating group) is 1. The molecule has 1 aromatic carbocycles. The first kappa shape index (κ1) is 19.8. The van der Waals surface area contributed by atoms with Crippen LogP contribution in [0, 0.1) is 13.8 Å². The average Bonchev–Trinajstić information content (AvgIpc) is 2.69. The number of hydrogen-bond donors (Lipinski definition) is 0. The summed E-state index contributed by atoms with van der Waals surface area (Å²) < 4.78 is 1.46. The predicted molar refractivity (Wildman–Crippen MR) is 112 cm³/mol. The number of carbonyl (C=O) groups excluding carboxylic acids is 1. The third-order valence-corrected chi connectivity index (χ3v) is 5.19. The number of amides is 1. The SMILES string of the molecule is CCC(Cc1ccc(C)cc1)N(CC)C(=O)c1cnc2ccc(C)cn2c1=O. The van der Waals surface area contributed by atoms with Gasteiger partial charge in [0.05, 0.1) is 0 Å². The Morgan fingerprint density at radius 3 is 2.39 bits per heavy atom. The van der Waals surface area contributed by atoms with Crippen LogP contribution in [0.2, 0.25) is 0 Å². The van der Waals surface area contributed by atoms with Crippen LogP contribution in [0.1, 0.15) is 47.3 Å². The Morgan fingerprint density at radius 2 is 1.75 bits per heavy atom. The lowest BCUT2D eigenvalue weighted by Gasteiger charge is -2.30. The third kappa shape index (κ3) is 3.98. The number of benzene rings is 1. The molecule has 28 heavy (non-hydrogen) atoms. The average molecular weight is 377 g/mol. The first-order valence-electron chi connectivity index (χ1n) is 9.79. The number of aromatic nitrogens is 2. The van der Waals surface area contributed by atoms with Crippen LogP contribution in [0.3, 0.4) is 0 Å². The number of nitrogens with zero attached hydrogens (tertiary/aromatic N) is 3. The van der Waals surface area contributed by atoms with E-state index in [9.17, 15) is 9.59 Å². The Kier molecular flexibility index (Phi) is 5.93. The van der Waals surface area contributed by atoms with Gasteiger partial charge in [0.15, 0.2) is 0 Å². The summed E-state index contributed by atoms with van der Waals surface area (Å²) in [4.78, 5) is 32.3. The van der Waals surface area contributed by atoms with E-state index in [2.05, 4.69) is 43.1 Å². The molecular weight excluding hydrogens is 350 g/mol. The monoisotopic (exact) mass is 377 g/mol. The molecule has 0 fully saturated rings. The molecule has 0 radical (unpaired) electrons. The van der Waals surface area contributed by atoms with E-state index in [-0.39, 0.29) is 23.1 Å². The normalized spacial score (nSPS) is 12.1. The maximum atomic E-state index is 13.2. The summed E-state index contributed by atoms with van der Waals surface area (Å²) >= 11 is 0. The lowest BCUT2D eigenvalue weighted by Crippen LogP contribution is -2.43. The van der Waals surface area contributed by atoms with E-state index in [1.165, 1.54) is 21.7 Å². The minimum absolute atomic E-state index is 0.0258.